The van der Waals surface area contributed by atoms with Crippen molar-refractivity contribution in [2.45, 2.75) is 26.2 Å². The minimum absolute atomic E-state index is 0.117. The molecule has 1 aromatic carbocycles. The highest BCUT2D eigenvalue weighted by molar-refractivity contribution is 6.31. The van der Waals surface area contributed by atoms with Gasteiger partial charge in [-0.1, -0.05) is 29.8 Å². The first kappa shape index (κ1) is 14.1. The molecule has 0 saturated heterocycles. The third-order valence-corrected chi connectivity index (χ3v) is 3.16. The van der Waals surface area contributed by atoms with Crippen LogP contribution in [0.5, 0.6) is 0 Å². The van der Waals surface area contributed by atoms with E-state index >= 15 is 0 Å². The minimum atomic E-state index is 0.117. The molecule has 2 rings (SSSR count). The quantitative estimate of drug-likeness (QED) is 0.840. The molecule has 0 amide bonds. The van der Waals surface area contributed by atoms with E-state index in [1.807, 2.05) is 43.3 Å². The van der Waals surface area contributed by atoms with Crippen LogP contribution in [-0.4, -0.2) is 12.6 Å². The molecule has 0 aliphatic rings. The van der Waals surface area contributed by atoms with E-state index < -0.39 is 0 Å². The molecule has 4 heteroatoms. The van der Waals surface area contributed by atoms with Crippen LogP contribution in [0.3, 0.4) is 0 Å². The van der Waals surface area contributed by atoms with Crippen LogP contribution in [0.25, 0.3) is 0 Å². The topological polar surface area (TPSA) is 34.4 Å². The molecule has 19 heavy (non-hydrogen) atoms. The molecule has 0 aliphatic carbocycles. The fraction of sp³-hybridized carbons (Fsp3) is 0.333. The second-order valence-corrected chi connectivity index (χ2v) is 4.83. The maximum atomic E-state index is 6.07. The Balaban J connectivity index is 1.67. The van der Waals surface area contributed by atoms with Crippen LogP contribution < -0.4 is 5.32 Å². The van der Waals surface area contributed by atoms with Gasteiger partial charge in [-0.15, -0.1) is 0 Å². The molecule has 3 nitrogen and oxygen atoms in total. The first-order valence-electron chi connectivity index (χ1n) is 6.34. The standard InChI is InChI=1S/C15H18ClNO2/c1-12(9-17-10-14-6-4-8-18-14)19-11-13-5-2-3-7-15(13)16/h2-8,12,17H,9-11H2,1H3. The van der Waals surface area contributed by atoms with Gasteiger partial charge in [-0.25, -0.2) is 0 Å². The van der Waals surface area contributed by atoms with Gasteiger partial charge in [-0.05, 0) is 30.7 Å². The minimum Gasteiger partial charge on any atom is -0.468 e. The van der Waals surface area contributed by atoms with Crippen LogP contribution in [0.1, 0.15) is 18.2 Å². The second-order valence-electron chi connectivity index (χ2n) is 4.42. The lowest BCUT2D eigenvalue weighted by molar-refractivity contribution is 0.0528. The number of furan rings is 1. The van der Waals surface area contributed by atoms with Gasteiger partial charge in [-0.2, -0.15) is 0 Å². The third-order valence-electron chi connectivity index (χ3n) is 2.79. The molecule has 0 spiro atoms. The van der Waals surface area contributed by atoms with Crippen molar-refractivity contribution in [2.24, 2.45) is 0 Å². The highest BCUT2D eigenvalue weighted by Crippen LogP contribution is 2.16. The van der Waals surface area contributed by atoms with E-state index in [1.165, 1.54) is 0 Å². The Bertz CT molecular complexity index is 485. The van der Waals surface area contributed by atoms with Crippen molar-refractivity contribution >= 4 is 11.6 Å². The lowest BCUT2D eigenvalue weighted by Crippen LogP contribution is -2.26. The van der Waals surface area contributed by atoms with Crippen molar-refractivity contribution in [1.82, 2.24) is 5.32 Å². The van der Waals surface area contributed by atoms with Crippen LogP contribution in [-0.2, 0) is 17.9 Å². The van der Waals surface area contributed by atoms with E-state index in [2.05, 4.69) is 5.32 Å². The molecule has 1 N–H and O–H groups in total. The summed E-state index contributed by atoms with van der Waals surface area (Å²) >= 11 is 6.07. The van der Waals surface area contributed by atoms with Crippen molar-refractivity contribution in [2.75, 3.05) is 6.54 Å². The van der Waals surface area contributed by atoms with Gasteiger partial charge in [0.1, 0.15) is 5.76 Å². The van der Waals surface area contributed by atoms with Crippen LogP contribution in [0.15, 0.2) is 47.1 Å². The van der Waals surface area contributed by atoms with Crippen molar-refractivity contribution in [3.05, 3.63) is 59.0 Å². The van der Waals surface area contributed by atoms with E-state index in [4.69, 9.17) is 20.8 Å². The van der Waals surface area contributed by atoms with Crippen LogP contribution in [0.4, 0.5) is 0 Å². The molecule has 1 heterocycles. The Labute approximate surface area is 118 Å². The number of ether oxygens (including phenoxy) is 1. The Kier molecular flexibility index (Phi) is 5.45. The van der Waals surface area contributed by atoms with Crippen molar-refractivity contribution in [3.63, 3.8) is 0 Å². The van der Waals surface area contributed by atoms with Gasteiger partial charge in [0.15, 0.2) is 0 Å². The largest absolute Gasteiger partial charge is 0.468 e. The smallest absolute Gasteiger partial charge is 0.117 e. The molecule has 102 valence electrons. The third kappa shape index (κ3) is 4.71. The Morgan fingerprint density at radius 3 is 2.84 bits per heavy atom. The first-order valence-corrected chi connectivity index (χ1v) is 6.71. The van der Waals surface area contributed by atoms with Gasteiger partial charge in [0.25, 0.3) is 0 Å². The molecule has 1 unspecified atom stereocenters. The van der Waals surface area contributed by atoms with Gasteiger partial charge in [-0.3, -0.25) is 0 Å². The number of rotatable bonds is 7. The van der Waals surface area contributed by atoms with Crippen LogP contribution >= 0.6 is 11.6 Å². The molecule has 0 radical (unpaired) electrons. The zero-order chi connectivity index (χ0) is 13.5. The molecule has 2 aromatic rings. The Morgan fingerprint density at radius 1 is 1.26 bits per heavy atom. The summed E-state index contributed by atoms with van der Waals surface area (Å²) < 4.78 is 11.0. The summed E-state index contributed by atoms with van der Waals surface area (Å²) in [6.07, 6.45) is 1.79. The number of benzene rings is 1. The van der Waals surface area contributed by atoms with E-state index in [9.17, 15) is 0 Å². The van der Waals surface area contributed by atoms with E-state index in [0.717, 1.165) is 22.9 Å². The summed E-state index contributed by atoms with van der Waals surface area (Å²) in [5, 5.41) is 4.04. The van der Waals surface area contributed by atoms with Crippen molar-refractivity contribution < 1.29 is 9.15 Å². The second kappa shape index (κ2) is 7.34. The van der Waals surface area contributed by atoms with E-state index in [1.54, 1.807) is 6.26 Å². The SMILES string of the molecule is CC(CNCc1ccco1)OCc1ccccc1Cl. The lowest BCUT2D eigenvalue weighted by Gasteiger charge is -2.14. The van der Waals surface area contributed by atoms with Crippen LogP contribution in [0, 0.1) is 0 Å². The zero-order valence-electron chi connectivity index (χ0n) is 10.9. The van der Waals surface area contributed by atoms with Gasteiger partial charge >= 0.3 is 0 Å². The van der Waals surface area contributed by atoms with Crippen molar-refractivity contribution in [1.29, 1.82) is 0 Å². The lowest BCUT2D eigenvalue weighted by atomic mass is 10.2. The van der Waals surface area contributed by atoms with E-state index in [-0.39, 0.29) is 6.10 Å². The predicted molar refractivity (Wildman–Crippen MR) is 76.1 cm³/mol. The fourth-order valence-electron chi connectivity index (χ4n) is 1.72. The molecule has 1 atom stereocenters. The molecule has 1 aromatic heterocycles. The average Bonchev–Trinajstić information content (AvgIpc) is 2.91. The summed E-state index contributed by atoms with van der Waals surface area (Å²) in [5.74, 6) is 0.929. The molecule has 0 bridgehead atoms. The fourth-order valence-corrected chi connectivity index (χ4v) is 1.91. The van der Waals surface area contributed by atoms with Crippen molar-refractivity contribution in [3.8, 4) is 0 Å². The van der Waals surface area contributed by atoms with Gasteiger partial charge in [0, 0.05) is 11.6 Å². The zero-order valence-corrected chi connectivity index (χ0v) is 11.7. The normalized spacial score (nSPS) is 12.5. The predicted octanol–water partition coefficient (Wildman–Crippen LogP) is 3.63. The highest BCUT2D eigenvalue weighted by Gasteiger charge is 2.05. The summed E-state index contributed by atoms with van der Waals surface area (Å²) in [6.45, 7) is 4.05. The maximum absolute atomic E-state index is 6.07. The maximum Gasteiger partial charge on any atom is 0.117 e. The van der Waals surface area contributed by atoms with Gasteiger partial charge in [0.05, 0.1) is 25.5 Å². The molecule has 0 fully saturated rings. The van der Waals surface area contributed by atoms with Crippen LogP contribution in [0.2, 0.25) is 5.02 Å². The average molecular weight is 280 g/mol. The summed E-state index contributed by atoms with van der Waals surface area (Å²) in [4.78, 5) is 0. The van der Waals surface area contributed by atoms with Gasteiger partial charge in [0.2, 0.25) is 0 Å². The monoisotopic (exact) mass is 279 g/mol. The molecule has 0 saturated carbocycles. The number of hydrogen-bond acceptors (Lipinski definition) is 3. The summed E-state index contributed by atoms with van der Waals surface area (Å²) in [7, 11) is 0. The number of nitrogens with one attached hydrogen (secondary N) is 1. The highest BCUT2D eigenvalue weighted by atomic mass is 35.5. The Hall–Kier alpha value is -1.29. The first-order chi connectivity index (χ1) is 9.25. The van der Waals surface area contributed by atoms with E-state index in [0.29, 0.717) is 13.2 Å². The Morgan fingerprint density at radius 2 is 2.11 bits per heavy atom. The molecule has 0 aliphatic heterocycles. The summed E-state index contributed by atoms with van der Waals surface area (Å²) in [6, 6.07) is 11.6. The summed E-state index contributed by atoms with van der Waals surface area (Å²) in [5.41, 5.74) is 1.02. The number of hydrogen-bond donors (Lipinski definition) is 1. The molecular formula is C15H18ClNO2. The molecular weight excluding hydrogens is 262 g/mol. The number of halogens is 1. The van der Waals surface area contributed by atoms with Gasteiger partial charge < -0.3 is 14.5 Å².